The van der Waals surface area contributed by atoms with Crippen molar-refractivity contribution in [1.82, 2.24) is 4.90 Å². The van der Waals surface area contributed by atoms with Crippen LogP contribution in [0.1, 0.15) is 42.4 Å². The molecule has 0 amide bonds. The van der Waals surface area contributed by atoms with E-state index in [9.17, 15) is 27.6 Å². The van der Waals surface area contributed by atoms with Crippen molar-refractivity contribution in [3.05, 3.63) is 65.0 Å². The van der Waals surface area contributed by atoms with Crippen molar-refractivity contribution in [3.8, 4) is 5.75 Å². The molecule has 0 spiro atoms. The Morgan fingerprint density at radius 1 is 1.13 bits per heavy atom. The maximum atomic E-state index is 13.2. The first-order chi connectivity index (χ1) is 14.0. The molecule has 1 saturated heterocycles. The largest absolute Gasteiger partial charge is 0.508 e. The summed E-state index contributed by atoms with van der Waals surface area (Å²) in [5.74, 6) is -1.17. The van der Waals surface area contributed by atoms with Crippen LogP contribution >= 0.6 is 0 Å². The Morgan fingerprint density at radius 3 is 2.27 bits per heavy atom. The van der Waals surface area contributed by atoms with Crippen molar-refractivity contribution in [2.75, 3.05) is 18.8 Å². The third-order valence-corrected chi connectivity index (χ3v) is 6.98. The number of phenols is 1. The monoisotopic (exact) mass is 437 g/mol. The van der Waals surface area contributed by atoms with E-state index in [4.69, 9.17) is 0 Å². The van der Waals surface area contributed by atoms with Crippen LogP contribution in [0.4, 0.5) is 4.39 Å². The van der Waals surface area contributed by atoms with E-state index in [1.165, 1.54) is 18.2 Å². The summed E-state index contributed by atoms with van der Waals surface area (Å²) in [4.78, 5) is 2.09. The second kappa shape index (κ2) is 8.63. The van der Waals surface area contributed by atoms with Gasteiger partial charge in [-0.2, -0.15) is 8.42 Å². The van der Waals surface area contributed by atoms with E-state index in [0.717, 1.165) is 5.56 Å². The van der Waals surface area contributed by atoms with Crippen molar-refractivity contribution in [3.63, 3.8) is 0 Å². The molecule has 1 heterocycles. The van der Waals surface area contributed by atoms with Gasteiger partial charge in [0.25, 0.3) is 10.1 Å². The number of phenolic OH excluding ortho intramolecular Hbond substituents is 1. The number of aromatic hydroxyl groups is 1. The smallest absolute Gasteiger partial charge is 0.265 e. The van der Waals surface area contributed by atoms with Crippen LogP contribution in [0.3, 0.4) is 0 Å². The van der Waals surface area contributed by atoms with Crippen LogP contribution in [0.25, 0.3) is 0 Å². The average molecular weight is 438 g/mol. The van der Waals surface area contributed by atoms with Crippen molar-refractivity contribution >= 4 is 10.1 Å². The molecule has 2 atom stereocenters. The maximum absolute atomic E-state index is 13.2. The molecular formula is C22H28FNO5S. The molecule has 3 N–H and O–H groups in total. The molecule has 8 heteroatoms. The molecule has 6 nitrogen and oxygen atoms in total. The molecule has 164 valence electrons. The van der Waals surface area contributed by atoms with Gasteiger partial charge in [-0.1, -0.05) is 24.3 Å². The van der Waals surface area contributed by atoms with Gasteiger partial charge in [-0.15, -0.1) is 0 Å². The second-order valence-electron chi connectivity index (χ2n) is 8.22. The minimum Gasteiger partial charge on any atom is -0.508 e. The number of aliphatic hydroxyl groups is 1. The molecule has 1 aliphatic heterocycles. The highest BCUT2D eigenvalue weighted by atomic mass is 32.2. The lowest BCUT2D eigenvalue weighted by molar-refractivity contribution is -0.0360. The van der Waals surface area contributed by atoms with Gasteiger partial charge in [0.15, 0.2) is 0 Å². The second-order valence-corrected chi connectivity index (χ2v) is 9.71. The van der Waals surface area contributed by atoms with Crippen LogP contribution in [-0.2, 0) is 15.7 Å². The highest BCUT2D eigenvalue weighted by Crippen LogP contribution is 2.36. The molecule has 1 aliphatic rings. The summed E-state index contributed by atoms with van der Waals surface area (Å²) in [7, 11) is -4.22. The fourth-order valence-corrected chi connectivity index (χ4v) is 5.18. The van der Waals surface area contributed by atoms with Gasteiger partial charge < -0.3 is 10.2 Å². The van der Waals surface area contributed by atoms with E-state index >= 15 is 0 Å². The molecule has 1 unspecified atom stereocenters. The summed E-state index contributed by atoms with van der Waals surface area (Å²) in [6.45, 7) is 4.68. The van der Waals surface area contributed by atoms with Gasteiger partial charge in [0, 0.05) is 25.0 Å². The maximum Gasteiger partial charge on any atom is 0.265 e. The molecule has 0 aliphatic carbocycles. The molecule has 2 aromatic rings. The van der Waals surface area contributed by atoms with Gasteiger partial charge >= 0.3 is 0 Å². The highest BCUT2D eigenvalue weighted by molar-refractivity contribution is 7.85. The molecule has 0 aromatic heterocycles. The summed E-state index contributed by atoms with van der Waals surface area (Å²) >= 11 is 0. The Bertz CT molecular complexity index is 985. The molecule has 30 heavy (non-hydrogen) atoms. The topological polar surface area (TPSA) is 98.1 Å². The number of nitrogens with zero attached hydrogens (tertiary/aromatic N) is 1. The number of aryl methyl sites for hydroxylation is 1. The number of benzene rings is 2. The zero-order valence-corrected chi connectivity index (χ0v) is 17.9. The lowest BCUT2D eigenvalue weighted by atomic mass is 9.83. The van der Waals surface area contributed by atoms with Crippen LogP contribution in [0.5, 0.6) is 5.75 Å². The van der Waals surface area contributed by atoms with Crippen LogP contribution in [-0.4, -0.2) is 53.0 Å². The standard InChI is InChI=1S/C22H28FNO5S/c1-15-13-17(3-8-21(15)25)20(14-30(27,28)29)16(2)24-11-9-22(26,10-12-24)18-4-6-19(23)7-5-18/h3-8,13,16,20,25-26H,9-12,14H2,1-2H3,(H,27,28,29)/t16-,20?/m1/s1. The molecule has 0 saturated carbocycles. The molecule has 2 aromatic carbocycles. The van der Waals surface area contributed by atoms with E-state index in [1.54, 1.807) is 31.2 Å². The Morgan fingerprint density at radius 2 is 1.73 bits per heavy atom. The molecular weight excluding hydrogens is 409 g/mol. The van der Waals surface area contributed by atoms with E-state index in [0.29, 0.717) is 37.1 Å². The van der Waals surface area contributed by atoms with Crippen LogP contribution < -0.4 is 0 Å². The number of likely N-dealkylation sites (tertiary alicyclic amines) is 1. The summed E-state index contributed by atoms with van der Waals surface area (Å²) in [6.07, 6.45) is 0.854. The van der Waals surface area contributed by atoms with Gasteiger partial charge in [0.1, 0.15) is 11.6 Å². The summed E-state index contributed by atoms with van der Waals surface area (Å²) in [5.41, 5.74) is 0.955. The summed E-state index contributed by atoms with van der Waals surface area (Å²) in [6, 6.07) is 10.6. The predicted octanol–water partition coefficient (Wildman–Crippen LogP) is 3.18. The van der Waals surface area contributed by atoms with Gasteiger partial charge in [0.05, 0.1) is 11.4 Å². The van der Waals surface area contributed by atoms with Gasteiger partial charge in [-0.3, -0.25) is 9.45 Å². The van der Waals surface area contributed by atoms with Crippen LogP contribution in [0.2, 0.25) is 0 Å². The first kappa shape index (κ1) is 22.7. The van der Waals surface area contributed by atoms with Gasteiger partial charge in [-0.25, -0.2) is 4.39 Å². The van der Waals surface area contributed by atoms with Crippen LogP contribution in [0.15, 0.2) is 42.5 Å². The Labute approximate surface area is 176 Å². The molecule has 0 bridgehead atoms. The Hall–Kier alpha value is -2.00. The van der Waals surface area contributed by atoms with Gasteiger partial charge in [-0.05, 0) is 61.6 Å². The predicted molar refractivity (Wildman–Crippen MR) is 113 cm³/mol. The summed E-state index contributed by atoms with van der Waals surface area (Å²) < 4.78 is 46.1. The molecule has 3 rings (SSSR count). The average Bonchev–Trinajstić information content (AvgIpc) is 2.68. The van der Waals surface area contributed by atoms with E-state index < -0.39 is 27.4 Å². The van der Waals surface area contributed by atoms with E-state index in [2.05, 4.69) is 4.90 Å². The number of hydrogen-bond acceptors (Lipinski definition) is 5. The first-order valence-electron chi connectivity index (χ1n) is 9.96. The van der Waals surface area contributed by atoms with Crippen molar-refractivity contribution in [2.24, 2.45) is 0 Å². The zero-order valence-electron chi connectivity index (χ0n) is 17.1. The highest BCUT2D eigenvalue weighted by Gasteiger charge is 2.38. The summed E-state index contributed by atoms with van der Waals surface area (Å²) in [5, 5.41) is 20.8. The van der Waals surface area contributed by atoms with Gasteiger partial charge in [0.2, 0.25) is 0 Å². The van der Waals surface area contributed by atoms with E-state index in [1.807, 2.05) is 6.92 Å². The third-order valence-electron chi connectivity index (χ3n) is 6.20. The normalized spacial score (nSPS) is 19.4. The van der Waals surface area contributed by atoms with Crippen LogP contribution in [0, 0.1) is 12.7 Å². The minimum absolute atomic E-state index is 0.124. The lowest BCUT2D eigenvalue weighted by Gasteiger charge is -2.43. The first-order valence-corrected chi connectivity index (χ1v) is 11.6. The minimum atomic E-state index is -4.22. The Kier molecular flexibility index (Phi) is 6.52. The third kappa shape index (κ3) is 5.18. The number of piperidine rings is 1. The fourth-order valence-electron chi connectivity index (χ4n) is 4.25. The SMILES string of the molecule is Cc1cc(C(CS(=O)(=O)O)[C@@H](C)N2CCC(O)(c3ccc(F)cc3)CC2)ccc1O. The lowest BCUT2D eigenvalue weighted by Crippen LogP contribution is -2.48. The number of hydrogen-bond donors (Lipinski definition) is 3. The zero-order chi connectivity index (χ0) is 22.1. The van der Waals surface area contributed by atoms with Crippen molar-refractivity contribution < 1.29 is 27.6 Å². The van der Waals surface area contributed by atoms with Crippen molar-refractivity contribution in [2.45, 2.75) is 44.2 Å². The Balaban J connectivity index is 1.79. The van der Waals surface area contributed by atoms with E-state index in [-0.39, 0.29) is 17.6 Å². The quantitative estimate of drug-likeness (QED) is 0.601. The number of halogens is 1. The van der Waals surface area contributed by atoms with Crippen molar-refractivity contribution in [1.29, 1.82) is 0 Å². The molecule has 0 radical (unpaired) electrons. The number of rotatable bonds is 6. The fraction of sp³-hybridized carbons (Fsp3) is 0.455. The molecule has 1 fully saturated rings.